The fourth-order valence-electron chi connectivity index (χ4n) is 1.45. The van der Waals surface area contributed by atoms with Crippen molar-refractivity contribution in [3.63, 3.8) is 0 Å². The Morgan fingerprint density at radius 3 is 2.85 bits per heavy atom. The second-order valence-corrected chi connectivity index (χ2v) is 3.22. The number of pyridine rings is 1. The number of hydrogen-bond acceptors (Lipinski definition) is 3. The lowest BCUT2D eigenvalue weighted by Gasteiger charge is -2.20. The third-order valence-electron chi connectivity index (χ3n) is 2.19. The molecule has 2 atom stereocenters. The van der Waals surface area contributed by atoms with Gasteiger partial charge in [0, 0.05) is 11.3 Å². The van der Waals surface area contributed by atoms with Crippen LogP contribution in [0.5, 0.6) is 0 Å². The average Bonchev–Trinajstić information content (AvgIpc) is 2.12. The van der Waals surface area contributed by atoms with Gasteiger partial charge in [0.1, 0.15) is 12.2 Å². The summed E-state index contributed by atoms with van der Waals surface area (Å²) in [6.45, 7) is 1.89. The fourth-order valence-corrected chi connectivity index (χ4v) is 1.45. The maximum atomic E-state index is 9.58. The van der Waals surface area contributed by atoms with Crippen LogP contribution in [0.4, 0.5) is 0 Å². The van der Waals surface area contributed by atoms with Crippen molar-refractivity contribution in [3.8, 4) is 0 Å². The van der Waals surface area contributed by atoms with Crippen LogP contribution in [-0.2, 0) is 0 Å². The summed E-state index contributed by atoms with van der Waals surface area (Å²) < 4.78 is 0. The average molecular weight is 177 g/mol. The molecule has 2 N–H and O–H groups in total. The molecular weight excluding hydrogens is 166 g/mol. The van der Waals surface area contributed by atoms with Gasteiger partial charge in [-0.05, 0) is 19.1 Å². The van der Waals surface area contributed by atoms with Crippen molar-refractivity contribution in [2.75, 3.05) is 0 Å². The molecule has 0 saturated heterocycles. The number of nitrogens with zero attached hydrogens (tertiary/aromatic N) is 1. The van der Waals surface area contributed by atoms with Crippen LogP contribution in [0.15, 0.2) is 18.2 Å². The highest BCUT2D eigenvalue weighted by atomic mass is 16.3. The third kappa shape index (κ3) is 1.36. The zero-order valence-corrected chi connectivity index (χ0v) is 7.31. The molecule has 3 nitrogen and oxygen atoms in total. The van der Waals surface area contributed by atoms with E-state index in [0.717, 1.165) is 11.4 Å². The van der Waals surface area contributed by atoms with Gasteiger partial charge in [0.05, 0.1) is 5.69 Å². The summed E-state index contributed by atoms with van der Waals surface area (Å²) >= 11 is 0. The van der Waals surface area contributed by atoms with Crippen LogP contribution in [-0.4, -0.2) is 21.3 Å². The number of hydrogen-bond donors (Lipinski definition) is 2. The van der Waals surface area contributed by atoms with Crippen molar-refractivity contribution in [1.29, 1.82) is 0 Å². The van der Waals surface area contributed by atoms with E-state index in [2.05, 4.69) is 4.98 Å². The monoisotopic (exact) mass is 177 g/mol. The normalized spacial score (nSPS) is 25.8. The highest BCUT2D eigenvalue weighted by Gasteiger charge is 2.22. The molecule has 0 bridgehead atoms. The van der Waals surface area contributed by atoms with E-state index < -0.39 is 12.2 Å². The van der Waals surface area contributed by atoms with E-state index in [1.165, 1.54) is 0 Å². The second kappa shape index (κ2) is 2.94. The molecule has 1 aromatic heterocycles. The molecule has 13 heavy (non-hydrogen) atoms. The molecular formula is C10H11NO2. The maximum absolute atomic E-state index is 9.58. The highest BCUT2D eigenvalue weighted by molar-refractivity contribution is 5.54. The van der Waals surface area contributed by atoms with E-state index in [1.54, 1.807) is 18.2 Å². The number of aliphatic hydroxyl groups excluding tert-OH is 2. The largest absolute Gasteiger partial charge is 0.386 e. The maximum Gasteiger partial charge on any atom is 0.111 e. The van der Waals surface area contributed by atoms with Crippen LogP contribution in [0.1, 0.15) is 23.1 Å². The predicted molar refractivity (Wildman–Crippen MR) is 49.0 cm³/mol. The Bertz CT molecular complexity index is 360. The summed E-state index contributed by atoms with van der Waals surface area (Å²) in [6, 6.07) is 3.63. The molecule has 0 radical (unpaired) electrons. The van der Waals surface area contributed by atoms with Crippen LogP contribution < -0.4 is 0 Å². The summed E-state index contributed by atoms with van der Waals surface area (Å²) in [5.74, 6) is 0. The van der Waals surface area contributed by atoms with Crippen LogP contribution in [0.2, 0.25) is 0 Å². The molecule has 1 aliphatic rings. The first-order valence-electron chi connectivity index (χ1n) is 4.20. The summed E-state index contributed by atoms with van der Waals surface area (Å²) in [4.78, 5) is 4.24. The van der Waals surface area contributed by atoms with E-state index in [9.17, 15) is 10.2 Å². The lowest BCUT2D eigenvalue weighted by atomic mass is 9.97. The summed E-state index contributed by atoms with van der Waals surface area (Å²) in [7, 11) is 0. The molecule has 0 unspecified atom stereocenters. The molecule has 68 valence electrons. The van der Waals surface area contributed by atoms with Gasteiger partial charge in [-0.2, -0.15) is 0 Å². The van der Waals surface area contributed by atoms with E-state index in [-0.39, 0.29) is 0 Å². The van der Waals surface area contributed by atoms with Crippen LogP contribution >= 0.6 is 0 Å². The van der Waals surface area contributed by atoms with Crippen molar-refractivity contribution in [2.24, 2.45) is 0 Å². The Balaban J connectivity index is 2.52. The van der Waals surface area contributed by atoms with E-state index >= 15 is 0 Å². The van der Waals surface area contributed by atoms with Gasteiger partial charge in [-0.15, -0.1) is 0 Å². The molecule has 1 heterocycles. The second-order valence-electron chi connectivity index (χ2n) is 3.22. The molecule has 2 rings (SSSR count). The van der Waals surface area contributed by atoms with E-state index in [4.69, 9.17) is 0 Å². The summed E-state index contributed by atoms with van der Waals surface area (Å²) in [5, 5.41) is 18.9. The first-order valence-corrected chi connectivity index (χ1v) is 4.20. The van der Waals surface area contributed by atoms with Gasteiger partial charge in [-0.25, -0.2) is 0 Å². The topological polar surface area (TPSA) is 53.4 Å². The predicted octanol–water partition coefficient (Wildman–Crippen LogP) is 0.811. The van der Waals surface area contributed by atoms with Gasteiger partial charge in [0.15, 0.2) is 0 Å². The van der Waals surface area contributed by atoms with Crippen molar-refractivity contribution < 1.29 is 10.2 Å². The Kier molecular flexibility index (Phi) is 1.90. The Labute approximate surface area is 76.4 Å². The molecule has 1 aromatic rings. The number of aryl methyl sites for hydroxylation is 1. The molecule has 0 fully saturated rings. The van der Waals surface area contributed by atoms with Gasteiger partial charge in [-0.3, -0.25) is 4.98 Å². The lowest BCUT2D eigenvalue weighted by Crippen LogP contribution is -2.20. The standard InChI is InChI=1S/C10H11NO2/c1-6-2-3-7-8(11-6)4-5-9(12)10(7)13/h2-5,9-10,12-13H,1H3/t9-,10-/m0/s1. The van der Waals surface area contributed by atoms with Crippen LogP contribution in [0.25, 0.3) is 6.08 Å². The zero-order chi connectivity index (χ0) is 9.42. The summed E-state index contributed by atoms with van der Waals surface area (Å²) in [5.41, 5.74) is 2.35. The SMILES string of the molecule is Cc1ccc2c(n1)C=C[C@H](O)[C@H]2O. The first-order chi connectivity index (χ1) is 6.18. The molecule has 3 heteroatoms. The van der Waals surface area contributed by atoms with E-state index in [1.807, 2.05) is 13.0 Å². The van der Waals surface area contributed by atoms with Crippen molar-refractivity contribution in [2.45, 2.75) is 19.1 Å². The molecule has 0 saturated carbocycles. The van der Waals surface area contributed by atoms with Gasteiger partial charge < -0.3 is 10.2 Å². The quantitative estimate of drug-likeness (QED) is 0.616. The van der Waals surface area contributed by atoms with Crippen molar-refractivity contribution in [3.05, 3.63) is 35.2 Å². The Morgan fingerprint density at radius 2 is 2.08 bits per heavy atom. The number of fused-ring (bicyclic) bond motifs is 1. The van der Waals surface area contributed by atoms with Gasteiger partial charge in [0.2, 0.25) is 0 Å². The van der Waals surface area contributed by atoms with Crippen molar-refractivity contribution >= 4 is 6.08 Å². The zero-order valence-electron chi connectivity index (χ0n) is 7.31. The van der Waals surface area contributed by atoms with Gasteiger partial charge in [0.25, 0.3) is 0 Å². The number of rotatable bonds is 0. The highest BCUT2D eigenvalue weighted by Crippen LogP contribution is 2.26. The van der Waals surface area contributed by atoms with Gasteiger partial charge in [-0.1, -0.05) is 12.1 Å². The van der Waals surface area contributed by atoms with E-state index in [0.29, 0.717) is 5.56 Å². The lowest BCUT2D eigenvalue weighted by molar-refractivity contribution is 0.0466. The Morgan fingerprint density at radius 1 is 1.31 bits per heavy atom. The first kappa shape index (κ1) is 8.41. The minimum Gasteiger partial charge on any atom is -0.386 e. The molecule has 0 aromatic carbocycles. The summed E-state index contributed by atoms with van der Waals surface area (Å²) in [6.07, 6.45) is 1.64. The third-order valence-corrected chi connectivity index (χ3v) is 2.19. The molecule has 0 spiro atoms. The molecule has 1 aliphatic carbocycles. The van der Waals surface area contributed by atoms with Crippen LogP contribution in [0.3, 0.4) is 0 Å². The van der Waals surface area contributed by atoms with Crippen molar-refractivity contribution in [1.82, 2.24) is 4.98 Å². The minimum absolute atomic E-state index is 0.695. The fraction of sp³-hybridized carbons (Fsp3) is 0.300. The number of aliphatic hydroxyl groups is 2. The minimum atomic E-state index is -0.840. The smallest absolute Gasteiger partial charge is 0.111 e. The Hall–Kier alpha value is -1.19. The number of aromatic nitrogens is 1. The van der Waals surface area contributed by atoms with Crippen LogP contribution in [0, 0.1) is 6.92 Å². The van der Waals surface area contributed by atoms with Gasteiger partial charge >= 0.3 is 0 Å². The molecule has 0 amide bonds. The molecule has 0 aliphatic heterocycles.